The number of imidazole rings is 1. The zero-order valence-electron chi connectivity index (χ0n) is 17.5. The van der Waals surface area contributed by atoms with E-state index in [0.717, 1.165) is 16.3 Å². The fraction of sp³-hybridized carbons (Fsp3) is 0.364. The lowest BCUT2D eigenvalue weighted by atomic mass is 10.1. The van der Waals surface area contributed by atoms with E-state index in [9.17, 15) is 4.79 Å². The molecule has 0 aliphatic carbocycles. The van der Waals surface area contributed by atoms with Crippen LogP contribution in [0.2, 0.25) is 0 Å². The van der Waals surface area contributed by atoms with Crippen molar-refractivity contribution in [2.24, 2.45) is 0 Å². The van der Waals surface area contributed by atoms with E-state index in [-0.39, 0.29) is 5.91 Å². The molecule has 2 aromatic heterocycles. The fourth-order valence-electron chi connectivity index (χ4n) is 3.06. The third-order valence-corrected chi connectivity index (χ3v) is 5.18. The van der Waals surface area contributed by atoms with E-state index < -0.39 is 0 Å². The average molecular weight is 430 g/mol. The van der Waals surface area contributed by atoms with Crippen molar-refractivity contribution in [2.45, 2.75) is 27.2 Å². The van der Waals surface area contributed by atoms with Gasteiger partial charge in [0.2, 0.25) is 5.75 Å². The monoisotopic (exact) mass is 429 g/mol. The summed E-state index contributed by atoms with van der Waals surface area (Å²) in [6.07, 6.45) is 2.33. The Labute approximate surface area is 180 Å². The first-order chi connectivity index (χ1) is 14.7. The number of aromatic amines is 1. The summed E-state index contributed by atoms with van der Waals surface area (Å²) in [5, 5.41) is 4.99. The Morgan fingerprint density at radius 2 is 1.80 bits per heavy atom. The molecule has 0 bridgehead atoms. The van der Waals surface area contributed by atoms with Crippen molar-refractivity contribution in [3.05, 3.63) is 47.2 Å². The third kappa shape index (κ3) is 5.13. The maximum absolute atomic E-state index is 12.8. The number of nitrogens with one attached hydrogen (secondary N) is 2. The molecule has 2 heterocycles. The summed E-state index contributed by atoms with van der Waals surface area (Å²) < 4.78 is 17.1. The van der Waals surface area contributed by atoms with Crippen LogP contribution in [-0.2, 0) is 6.42 Å². The molecule has 3 aromatic rings. The molecule has 8 heteroatoms. The summed E-state index contributed by atoms with van der Waals surface area (Å²) in [6, 6.07) is 7.42. The smallest absolute Gasteiger partial charge is 0.251 e. The van der Waals surface area contributed by atoms with Crippen molar-refractivity contribution in [2.75, 3.05) is 26.4 Å². The van der Waals surface area contributed by atoms with E-state index >= 15 is 0 Å². The molecule has 0 unspecified atom stereocenters. The van der Waals surface area contributed by atoms with Gasteiger partial charge in [0.25, 0.3) is 5.91 Å². The number of benzene rings is 1. The SMILES string of the molecule is CCOc1cc(C(=O)NCCc2[nH]cnc2-c2cccs2)cc(OCC)c1OCC. The Kier molecular flexibility index (Phi) is 7.73. The van der Waals surface area contributed by atoms with Gasteiger partial charge < -0.3 is 24.5 Å². The first-order valence-electron chi connectivity index (χ1n) is 10.1. The molecule has 3 rings (SSSR count). The number of rotatable bonds is 11. The molecule has 0 saturated carbocycles. The molecule has 1 amide bonds. The average Bonchev–Trinajstić information content (AvgIpc) is 3.42. The molecular weight excluding hydrogens is 402 g/mol. The van der Waals surface area contributed by atoms with Gasteiger partial charge in [0.1, 0.15) is 5.69 Å². The van der Waals surface area contributed by atoms with Crippen LogP contribution in [0, 0.1) is 0 Å². The van der Waals surface area contributed by atoms with Gasteiger partial charge in [0, 0.05) is 24.2 Å². The fourth-order valence-corrected chi connectivity index (χ4v) is 3.81. The van der Waals surface area contributed by atoms with Gasteiger partial charge in [-0.3, -0.25) is 4.79 Å². The van der Waals surface area contributed by atoms with E-state index in [1.165, 1.54) is 0 Å². The van der Waals surface area contributed by atoms with Crippen LogP contribution >= 0.6 is 11.3 Å². The highest BCUT2D eigenvalue weighted by Crippen LogP contribution is 2.39. The Bertz CT molecular complexity index is 926. The molecule has 0 atom stereocenters. The molecule has 0 aliphatic rings. The second kappa shape index (κ2) is 10.7. The number of thiophene rings is 1. The normalized spacial score (nSPS) is 10.6. The molecule has 0 radical (unpaired) electrons. The van der Waals surface area contributed by atoms with Gasteiger partial charge in [-0.15, -0.1) is 11.3 Å². The largest absolute Gasteiger partial charge is 0.490 e. The standard InChI is InChI=1S/C22H27N3O4S/c1-4-27-17-12-15(13-18(28-5-2)21(17)29-6-3)22(26)23-10-9-16-20(25-14-24-16)19-8-7-11-30-19/h7-8,11-14H,4-6,9-10H2,1-3H3,(H,23,26)(H,24,25). The van der Waals surface area contributed by atoms with Gasteiger partial charge in [-0.05, 0) is 44.4 Å². The minimum absolute atomic E-state index is 0.197. The number of ether oxygens (including phenoxy) is 3. The van der Waals surface area contributed by atoms with Crippen LogP contribution in [0.5, 0.6) is 17.2 Å². The van der Waals surface area contributed by atoms with Gasteiger partial charge in [-0.25, -0.2) is 4.98 Å². The van der Waals surface area contributed by atoms with Crippen molar-refractivity contribution < 1.29 is 19.0 Å². The molecular formula is C22H27N3O4S. The van der Waals surface area contributed by atoms with Crippen LogP contribution in [0.3, 0.4) is 0 Å². The number of H-pyrrole nitrogens is 1. The molecule has 2 N–H and O–H groups in total. The maximum atomic E-state index is 12.8. The van der Waals surface area contributed by atoms with Crippen LogP contribution < -0.4 is 19.5 Å². The van der Waals surface area contributed by atoms with E-state index in [1.54, 1.807) is 29.8 Å². The number of aromatic nitrogens is 2. The molecule has 7 nitrogen and oxygen atoms in total. The maximum Gasteiger partial charge on any atom is 0.251 e. The summed E-state index contributed by atoms with van der Waals surface area (Å²) >= 11 is 1.64. The quantitative estimate of drug-likeness (QED) is 0.474. The summed E-state index contributed by atoms with van der Waals surface area (Å²) in [6.45, 7) is 7.54. The summed E-state index contributed by atoms with van der Waals surface area (Å²) in [7, 11) is 0. The van der Waals surface area contributed by atoms with Crippen LogP contribution in [0.4, 0.5) is 0 Å². The van der Waals surface area contributed by atoms with Gasteiger partial charge in [-0.1, -0.05) is 6.07 Å². The molecule has 0 aliphatic heterocycles. The zero-order chi connectivity index (χ0) is 21.3. The number of hydrogen-bond acceptors (Lipinski definition) is 6. The molecule has 0 saturated heterocycles. The van der Waals surface area contributed by atoms with Crippen LogP contribution in [0.15, 0.2) is 36.0 Å². The lowest BCUT2D eigenvalue weighted by molar-refractivity contribution is 0.0953. The van der Waals surface area contributed by atoms with Gasteiger partial charge in [0.15, 0.2) is 11.5 Å². The van der Waals surface area contributed by atoms with Crippen molar-refractivity contribution in [3.8, 4) is 27.8 Å². The van der Waals surface area contributed by atoms with E-state index in [1.807, 2.05) is 38.3 Å². The highest BCUT2D eigenvalue weighted by Gasteiger charge is 2.18. The molecule has 160 valence electrons. The second-order valence-corrected chi connectivity index (χ2v) is 7.26. The van der Waals surface area contributed by atoms with Crippen LogP contribution in [0.1, 0.15) is 36.8 Å². The lowest BCUT2D eigenvalue weighted by Crippen LogP contribution is -2.26. The first-order valence-corrected chi connectivity index (χ1v) is 11.0. The lowest BCUT2D eigenvalue weighted by Gasteiger charge is -2.17. The predicted molar refractivity (Wildman–Crippen MR) is 118 cm³/mol. The summed E-state index contributed by atoms with van der Waals surface area (Å²) in [5.74, 6) is 1.33. The number of carbonyl (C=O) groups is 1. The Morgan fingerprint density at radius 1 is 1.10 bits per heavy atom. The zero-order valence-corrected chi connectivity index (χ0v) is 18.3. The summed E-state index contributed by atoms with van der Waals surface area (Å²) in [4.78, 5) is 21.5. The van der Waals surface area contributed by atoms with Crippen molar-refractivity contribution in [1.82, 2.24) is 15.3 Å². The summed E-state index contributed by atoms with van der Waals surface area (Å²) in [5.41, 5.74) is 2.39. The van der Waals surface area contributed by atoms with Crippen molar-refractivity contribution in [3.63, 3.8) is 0 Å². The predicted octanol–water partition coefficient (Wildman–Crippen LogP) is 4.31. The number of nitrogens with zero attached hydrogens (tertiary/aromatic N) is 1. The van der Waals surface area contributed by atoms with E-state index in [2.05, 4.69) is 15.3 Å². The van der Waals surface area contributed by atoms with Gasteiger partial charge in [0.05, 0.1) is 31.0 Å². The van der Waals surface area contributed by atoms with Gasteiger partial charge >= 0.3 is 0 Å². The van der Waals surface area contributed by atoms with Crippen LogP contribution in [-0.4, -0.2) is 42.2 Å². The second-order valence-electron chi connectivity index (χ2n) is 6.31. The number of carbonyl (C=O) groups excluding carboxylic acids is 1. The van der Waals surface area contributed by atoms with E-state index in [0.29, 0.717) is 55.6 Å². The number of amides is 1. The Hall–Kier alpha value is -3.00. The highest BCUT2D eigenvalue weighted by atomic mass is 32.1. The van der Waals surface area contributed by atoms with Crippen molar-refractivity contribution in [1.29, 1.82) is 0 Å². The van der Waals surface area contributed by atoms with E-state index in [4.69, 9.17) is 14.2 Å². The molecule has 0 spiro atoms. The topological polar surface area (TPSA) is 85.5 Å². The first kappa shape index (κ1) is 21.7. The molecule has 0 fully saturated rings. The number of hydrogen-bond donors (Lipinski definition) is 2. The Morgan fingerprint density at radius 3 is 2.40 bits per heavy atom. The third-order valence-electron chi connectivity index (χ3n) is 4.30. The van der Waals surface area contributed by atoms with Gasteiger partial charge in [-0.2, -0.15) is 0 Å². The minimum Gasteiger partial charge on any atom is -0.490 e. The molecule has 30 heavy (non-hydrogen) atoms. The Balaban J connectivity index is 1.71. The van der Waals surface area contributed by atoms with Crippen molar-refractivity contribution >= 4 is 17.2 Å². The molecule has 1 aromatic carbocycles. The highest BCUT2D eigenvalue weighted by molar-refractivity contribution is 7.13. The van der Waals surface area contributed by atoms with Crippen LogP contribution in [0.25, 0.3) is 10.6 Å². The minimum atomic E-state index is -0.197.